The third kappa shape index (κ3) is 4.78. The smallest absolute Gasteiger partial charge is 0.453 e. The fourth-order valence-electron chi connectivity index (χ4n) is 3.82. The van der Waals surface area contributed by atoms with Crippen molar-refractivity contribution in [2.75, 3.05) is 32.2 Å². The summed E-state index contributed by atoms with van der Waals surface area (Å²) in [5.74, 6) is 0.168. The molecule has 3 aromatic rings. The summed E-state index contributed by atoms with van der Waals surface area (Å²) >= 11 is 0. The van der Waals surface area contributed by atoms with Gasteiger partial charge in [-0.05, 0) is 42.7 Å². The molecule has 4 rings (SSSR count). The SMILES string of the molecule is COc1ccc(CNC(=O)C2CCN(c3ccc4nnc(C(F)(F)F)n4n3)CC2)cc1OC. The van der Waals surface area contributed by atoms with Crippen molar-refractivity contribution in [3.8, 4) is 11.5 Å². The monoisotopic (exact) mass is 464 g/mol. The third-order valence-corrected chi connectivity index (χ3v) is 5.61. The van der Waals surface area contributed by atoms with Crippen molar-refractivity contribution in [1.82, 2.24) is 25.1 Å². The Labute approximate surface area is 187 Å². The van der Waals surface area contributed by atoms with Gasteiger partial charge in [-0.25, -0.2) is 0 Å². The van der Waals surface area contributed by atoms with Gasteiger partial charge in [0.25, 0.3) is 5.82 Å². The van der Waals surface area contributed by atoms with Crippen molar-refractivity contribution < 1.29 is 27.4 Å². The number of fused-ring (bicyclic) bond motifs is 1. The zero-order chi connectivity index (χ0) is 23.6. The quantitative estimate of drug-likeness (QED) is 0.600. The maximum atomic E-state index is 13.1. The number of aromatic nitrogens is 4. The minimum Gasteiger partial charge on any atom is -0.493 e. The van der Waals surface area contributed by atoms with E-state index in [9.17, 15) is 18.0 Å². The lowest BCUT2D eigenvalue weighted by Crippen LogP contribution is -2.40. The van der Waals surface area contributed by atoms with Crippen molar-refractivity contribution in [2.45, 2.75) is 25.6 Å². The number of benzene rings is 1. The van der Waals surface area contributed by atoms with Crippen LogP contribution in [-0.2, 0) is 17.5 Å². The van der Waals surface area contributed by atoms with E-state index in [0.29, 0.717) is 54.3 Å². The molecule has 1 fully saturated rings. The molecule has 1 saturated heterocycles. The molecular weight excluding hydrogens is 441 g/mol. The highest BCUT2D eigenvalue weighted by Gasteiger charge is 2.38. The maximum Gasteiger partial charge on any atom is 0.453 e. The van der Waals surface area contributed by atoms with Crippen LogP contribution in [0.3, 0.4) is 0 Å². The molecular formula is C21H23F3N6O3. The molecule has 0 radical (unpaired) electrons. The first-order valence-corrected chi connectivity index (χ1v) is 10.3. The summed E-state index contributed by atoms with van der Waals surface area (Å²) in [4.78, 5) is 14.5. The predicted octanol–water partition coefficient (Wildman–Crippen LogP) is 2.69. The Bertz CT molecular complexity index is 1140. The molecule has 33 heavy (non-hydrogen) atoms. The predicted molar refractivity (Wildman–Crippen MR) is 112 cm³/mol. The number of halogens is 3. The molecule has 176 valence electrons. The molecule has 0 unspecified atom stereocenters. The van der Waals surface area contributed by atoms with Crippen LogP contribution in [0.5, 0.6) is 11.5 Å². The number of piperidine rings is 1. The van der Waals surface area contributed by atoms with Crippen LogP contribution in [0.1, 0.15) is 24.2 Å². The van der Waals surface area contributed by atoms with E-state index in [-0.39, 0.29) is 17.5 Å². The van der Waals surface area contributed by atoms with Crippen molar-refractivity contribution in [2.24, 2.45) is 5.92 Å². The number of hydrogen-bond donors (Lipinski definition) is 1. The second-order valence-electron chi connectivity index (χ2n) is 7.65. The Morgan fingerprint density at radius 2 is 1.82 bits per heavy atom. The summed E-state index contributed by atoms with van der Waals surface area (Å²) in [7, 11) is 3.11. The lowest BCUT2D eigenvalue weighted by Gasteiger charge is -2.32. The fourth-order valence-corrected chi connectivity index (χ4v) is 3.82. The van der Waals surface area contributed by atoms with E-state index < -0.39 is 12.0 Å². The number of carbonyl (C=O) groups is 1. The van der Waals surface area contributed by atoms with Crippen LogP contribution in [0.2, 0.25) is 0 Å². The van der Waals surface area contributed by atoms with Gasteiger partial charge in [0.05, 0.1) is 14.2 Å². The van der Waals surface area contributed by atoms with Crippen molar-refractivity contribution in [3.63, 3.8) is 0 Å². The zero-order valence-corrected chi connectivity index (χ0v) is 18.1. The molecule has 0 spiro atoms. The van der Waals surface area contributed by atoms with Gasteiger partial charge in [-0.15, -0.1) is 15.3 Å². The van der Waals surface area contributed by atoms with Gasteiger partial charge in [0, 0.05) is 25.6 Å². The normalized spacial score (nSPS) is 15.0. The van der Waals surface area contributed by atoms with Gasteiger partial charge in [0.2, 0.25) is 5.91 Å². The third-order valence-electron chi connectivity index (χ3n) is 5.61. The number of nitrogens with zero attached hydrogens (tertiary/aromatic N) is 5. The lowest BCUT2D eigenvalue weighted by atomic mass is 9.96. The molecule has 12 heteroatoms. The second kappa shape index (κ2) is 9.12. The standard InChI is InChI=1S/C21H23F3N6O3/c1-32-15-4-3-13(11-16(15)33-2)12-25-19(31)14-7-9-29(10-8-14)18-6-5-17-26-27-20(21(22,23)24)30(17)28-18/h3-6,11,14H,7-10,12H2,1-2H3,(H,25,31). The van der Waals surface area contributed by atoms with Crippen molar-refractivity contribution >= 4 is 17.4 Å². The van der Waals surface area contributed by atoms with E-state index in [4.69, 9.17) is 9.47 Å². The molecule has 0 bridgehead atoms. The number of amides is 1. The van der Waals surface area contributed by atoms with E-state index in [2.05, 4.69) is 20.6 Å². The number of ether oxygens (including phenoxy) is 2. The van der Waals surface area contributed by atoms with E-state index in [0.717, 1.165) is 5.56 Å². The van der Waals surface area contributed by atoms with Gasteiger partial charge in [0.15, 0.2) is 17.1 Å². The van der Waals surface area contributed by atoms with Crippen LogP contribution >= 0.6 is 0 Å². The molecule has 3 heterocycles. The lowest BCUT2D eigenvalue weighted by molar-refractivity contribution is -0.146. The molecule has 0 saturated carbocycles. The Balaban J connectivity index is 1.35. The van der Waals surface area contributed by atoms with Gasteiger partial charge >= 0.3 is 6.18 Å². The first-order valence-electron chi connectivity index (χ1n) is 10.3. The van der Waals surface area contributed by atoms with Gasteiger partial charge < -0.3 is 19.7 Å². The molecule has 1 N–H and O–H groups in total. The van der Waals surface area contributed by atoms with Gasteiger partial charge in [-0.2, -0.15) is 17.7 Å². The molecule has 1 aliphatic heterocycles. The first kappa shape index (κ1) is 22.6. The number of alkyl halides is 3. The van der Waals surface area contributed by atoms with Crippen LogP contribution in [0.25, 0.3) is 5.65 Å². The fraction of sp³-hybridized carbons (Fsp3) is 0.429. The van der Waals surface area contributed by atoms with Gasteiger partial charge in [-0.3, -0.25) is 4.79 Å². The largest absolute Gasteiger partial charge is 0.493 e. The van der Waals surface area contributed by atoms with Crippen LogP contribution in [0, 0.1) is 5.92 Å². The molecule has 1 aliphatic rings. The highest BCUT2D eigenvalue weighted by Crippen LogP contribution is 2.29. The summed E-state index contributed by atoms with van der Waals surface area (Å²) in [6.45, 7) is 1.35. The number of anilines is 1. The average molecular weight is 464 g/mol. The van der Waals surface area contributed by atoms with Crippen LogP contribution in [0.15, 0.2) is 30.3 Å². The summed E-state index contributed by atoms with van der Waals surface area (Å²) in [5.41, 5.74) is 0.904. The first-order chi connectivity index (χ1) is 15.8. The Morgan fingerprint density at radius 3 is 2.48 bits per heavy atom. The minimum absolute atomic E-state index is 0.0236. The number of carbonyl (C=O) groups excluding carboxylic acids is 1. The highest BCUT2D eigenvalue weighted by molar-refractivity contribution is 5.79. The number of rotatable bonds is 6. The van der Waals surface area contributed by atoms with E-state index in [1.54, 1.807) is 26.4 Å². The Kier molecular flexibility index (Phi) is 6.25. The number of nitrogens with one attached hydrogen (secondary N) is 1. The summed E-state index contributed by atoms with van der Waals surface area (Å²) in [6.07, 6.45) is -3.53. The molecule has 0 aliphatic carbocycles. The average Bonchev–Trinajstić information content (AvgIpc) is 3.26. The van der Waals surface area contributed by atoms with Gasteiger partial charge in [-0.1, -0.05) is 6.07 Å². The van der Waals surface area contributed by atoms with Crippen LogP contribution < -0.4 is 19.7 Å². The summed E-state index contributed by atoms with van der Waals surface area (Å²) < 4.78 is 50.5. The zero-order valence-electron chi connectivity index (χ0n) is 18.1. The minimum atomic E-state index is -4.65. The van der Waals surface area contributed by atoms with Gasteiger partial charge in [0.1, 0.15) is 5.82 Å². The van der Waals surface area contributed by atoms with Crippen LogP contribution in [-0.4, -0.2) is 53.0 Å². The Morgan fingerprint density at radius 1 is 1.09 bits per heavy atom. The topological polar surface area (TPSA) is 93.9 Å². The summed E-state index contributed by atoms with van der Waals surface area (Å²) in [5, 5.41) is 13.7. The van der Waals surface area contributed by atoms with Crippen LogP contribution in [0.4, 0.5) is 19.0 Å². The molecule has 1 aromatic carbocycles. The number of methoxy groups -OCH3 is 2. The molecule has 2 aromatic heterocycles. The number of hydrogen-bond acceptors (Lipinski definition) is 7. The molecule has 1 amide bonds. The second-order valence-corrected chi connectivity index (χ2v) is 7.65. The maximum absolute atomic E-state index is 13.1. The van der Waals surface area contributed by atoms with E-state index >= 15 is 0 Å². The van der Waals surface area contributed by atoms with Crippen molar-refractivity contribution in [3.05, 3.63) is 41.7 Å². The van der Waals surface area contributed by atoms with E-state index in [1.165, 1.54) is 6.07 Å². The Hall–Kier alpha value is -3.57. The van der Waals surface area contributed by atoms with E-state index in [1.807, 2.05) is 17.0 Å². The summed E-state index contributed by atoms with van der Waals surface area (Å²) in [6, 6.07) is 8.51. The molecule has 0 atom stereocenters. The molecule has 9 nitrogen and oxygen atoms in total. The highest BCUT2D eigenvalue weighted by atomic mass is 19.4. The van der Waals surface area contributed by atoms with Crippen molar-refractivity contribution in [1.29, 1.82) is 0 Å².